The van der Waals surface area contributed by atoms with Gasteiger partial charge in [0.05, 0.1) is 0 Å². The Morgan fingerprint density at radius 1 is 0.444 bits per heavy atom. The van der Waals surface area contributed by atoms with Crippen LogP contribution in [0.3, 0.4) is 0 Å². The first-order valence-electron chi connectivity index (χ1n) is 2.45. The van der Waals surface area contributed by atoms with E-state index in [-0.39, 0.29) is 68.9 Å². The van der Waals surface area contributed by atoms with Gasteiger partial charge >= 0.3 is 37.7 Å². The van der Waals surface area contributed by atoms with Crippen molar-refractivity contribution in [2.45, 2.75) is 0 Å². The molecule has 100 valence electrons. The third-order valence-electron chi connectivity index (χ3n) is 0. The van der Waals surface area contributed by atoms with Crippen LogP contribution in [0, 0.1) is 31.1 Å². The van der Waals surface area contributed by atoms with Crippen LogP contribution < -0.4 is 40.9 Å². The van der Waals surface area contributed by atoms with Crippen molar-refractivity contribution in [3.63, 3.8) is 0 Å². The maximum Gasteiger partial charge on any atom is 2.00 e. The quantitative estimate of drug-likeness (QED) is 0.271. The first-order valence-corrected chi connectivity index (χ1v) is 2.45. The molecule has 0 amide bonds. The fourth-order valence-electron chi connectivity index (χ4n) is 0. The fraction of sp³-hybridized carbons (Fsp3) is 0. The molecule has 0 N–H and O–H groups in total. The van der Waals surface area contributed by atoms with Crippen LogP contribution in [0.2, 0.25) is 0 Å². The van der Waals surface area contributed by atoms with Gasteiger partial charge in [0.1, 0.15) is 0 Å². The van der Waals surface area contributed by atoms with Crippen LogP contribution >= 0.6 is 0 Å². The topological polar surface area (TPSA) is 253 Å². The third kappa shape index (κ3) is 8620. The van der Waals surface area contributed by atoms with E-state index in [1.165, 1.54) is 0 Å². The van der Waals surface area contributed by atoms with Crippen molar-refractivity contribution in [1.29, 1.82) is 0 Å². The van der Waals surface area contributed by atoms with Crippen molar-refractivity contribution in [1.82, 2.24) is 0 Å². The van der Waals surface area contributed by atoms with Gasteiger partial charge in [-0.25, -0.2) is 0 Å². The Labute approximate surface area is 152 Å². The smallest absolute Gasteiger partial charge is 0.652 e. The van der Waals surface area contributed by atoms with E-state index >= 15 is 0 Å². The molecule has 0 unspecified atom stereocenters. The normalized spacial score (nSPS) is 5.33. The van der Waals surface area contributed by atoms with Crippen molar-refractivity contribution in [2.24, 2.45) is 0 Å². The molecule has 0 spiro atoms. The van der Waals surface area contributed by atoms with Crippen molar-refractivity contribution < 1.29 is 91.1 Å². The summed E-state index contributed by atoms with van der Waals surface area (Å²) in [6.45, 7) is 0. The fourth-order valence-corrected chi connectivity index (χ4v) is 0. The van der Waals surface area contributed by atoms with Crippen molar-refractivity contribution in [3.05, 3.63) is 0 Å². The summed E-state index contributed by atoms with van der Waals surface area (Å²) >= 11 is 0. The van der Waals surface area contributed by atoms with Crippen LogP contribution in [0.25, 0.3) is 0 Å². The third-order valence-corrected chi connectivity index (χ3v) is 0. The second-order valence-corrected chi connectivity index (χ2v) is 1.00. The van der Waals surface area contributed by atoms with E-state index in [1.807, 2.05) is 0 Å². The number of hydrogen-bond acceptors (Lipinski definition) is 12. The van der Waals surface area contributed by atoms with E-state index in [1.54, 1.807) is 0 Å². The number of rotatable bonds is 0. The summed E-state index contributed by atoms with van der Waals surface area (Å²) in [6.07, 6.45) is -9.33. The molecule has 0 aliphatic rings. The van der Waals surface area contributed by atoms with E-state index in [9.17, 15) is 0 Å². The molecule has 0 radical (unpaired) electrons. The van der Waals surface area contributed by atoms with Gasteiger partial charge in [0.2, 0.25) is 0 Å². The summed E-state index contributed by atoms with van der Waals surface area (Å²) in [5.41, 5.74) is 0. The minimum atomic E-state index is -2.33. The van der Waals surface area contributed by atoms with Crippen molar-refractivity contribution in [2.75, 3.05) is 0 Å². The van der Waals surface area contributed by atoms with E-state index in [2.05, 4.69) is 0 Å². The summed E-state index contributed by atoms with van der Waals surface area (Å²) in [4.78, 5) is 33.3. The van der Waals surface area contributed by atoms with Crippen molar-refractivity contribution in [3.8, 4) is 0 Å². The van der Waals surface area contributed by atoms with Gasteiger partial charge in [-0.3, -0.25) is 0 Å². The van der Waals surface area contributed by atoms with Gasteiger partial charge in [0, 0.05) is 31.1 Å². The molecule has 18 heavy (non-hydrogen) atoms. The Bertz CT molecular complexity index is 164. The summed E-state index contributed by atoms with van der Waals surface area (Å²) in [5, 5.41) is 66.7. The molecule has 12 nitrogen and oxygen atoms in total. The maximum atomic E-state index is 8.33. The number of carbonyl (C=O) groups is 4. The monoisotopic (exact) mass is 518 g/mol. The zero-order valence-corrected chi connectivity index (χ0v) is 14.5. The average molecular weight is 518 g/mol. The summed E-state index contributed by atoms with van der Waals surface area (Å²) in [7, 11) is 0. The van der Waals surface area contributed by atoms with Crippen LogP contribution in [-0.4, -0.2) is 62.4 Å². The molecular formula is C4CaO12U-6. The van der Waals surface area contributed by atoms with Crippen LogP contribution in [0.1, 0.15) is 0 Å². The molecule has 0 saturated heterocycles. The van der Waals surface area contributed by atoms with Crippen LogP contribution in [0.5, 0.6) is 0 Å². The van der Waals surface area contributed by atoms with Gasteiger partial charge in [-0.15, -0.1) is 0 Å². The van der Waals surface area contributed by atoms with Gasteiger partial charge in [-0.1, -0.05) is 0 Å². The van der Waals surface area contributed by atoms with Gasteiger partial charge in [-0.05, 0) is 24.6 Å². The maximum absolute atomic E-state index is 8.33. The molecule has 0 bridgehead atoms. The molecule has 14 heteroatoms. The molecule has 0 aromatic carbocycles. The minimum absolute atomic E-state index is 0. The van der Waals surface area contributed by atoms with Crippen molar-refractivity contribution >= 4 is 62.4 Å². The Hall–Kier alpha value is -0.608. The molecular weight excluding hydrogens is 518 g/mol. The number of carbonyl (C=O) groups excluding carboxylic acids is 4. The van der Waals surface area contributed by atoms with E-state index in [0.29, 0.717) is 0 Å². The number of hydrogen-bond donors (Lipinski definition) is 0. The molecule has 0 aliphatic heterocycles. The molecule has 0 atom stereocenters. The van der Waals surface area contributed by atoms with Gasteiger partial charge in [-0.2, -0.15) is 0 Å². The predicted molar refractivity (Wildman–Crippen MR) is 27.3 cm³/mol. The summed E-state index contributed by atoms with van der Waals surface area (Å²) < 4.78 is 0. The Morgan fingerprint density at radius 2 is 0.444 bits per heavy atom. The molecule has 0 aromatic heterocycles. The molecule has 0 aliphatic carbocycles. The van der Waals surface area contributed by atoms with Gasteiger partial charge in [0.15, 0.2) is 0 Å². The minimum Gasteiger partial charge on any atom is -0.652 e. The summed E-state index contributed by atoms with van der Waals surface area (Å²) in [5.74, 6) is 0. The van der Waals surface area contributed by atoms with Crippen LogP contribution in [0.15, 0.2) is 0 Å². The molecule has 0 rings (SSSR count). The molecule has 0 saturated carbocycles. The van der Waals surface area contributed by atoms with Gasteiger partial charge < -0.3 is 60.0 Å². The first kappa shape index (κ1) is 36.0. The Morgan fingerprint density at radius 3 is 0.444 bits per heavy atom. The molecule has 0 aromatic rings. The average Bonchev–Trinajstić information content (AvgIpc) is 1.76. The van der Waals surface area contributed by atoms with E-state index in [4.69, 9.17) is 60.0 Å². The zero-order valence-electron chi connectivity index (χ0n) is 8.11. The SMILES string of the molecule is O=C([O-])[O-].O=C([O-])[O-].O=C([O-])[O-].O=C([O-])[O-].[Ca+2].[U]. The van der Waals surface area contributed by atoms with Gasteiger partial charge in [0.25, 0.3) is 0 Å². The predicted octanol–water partition coefficient (Wildman–Crippen LogP) is -10.2. The number of carboxylic acid groups (broad SMARTS) is 8. The zero-order chi connectivity index (χ0) is 14.3. The summed E-state index contributed by atoms with van der Waals surface area (Å²) in [6, 6.07) is 0. The van der Waals surface area contributed by atoms with Crippen LogP contribution in [0.4, 0.5) is 19.2 Å². The second-order valence-electron chi connectivity index (χ2n) is 1.00. The Kier molecular flexibility index (Phi) is 59.9. The first-order chi connectivity index (χ1) is 6.93. The largest absolute Gasteiger partial charge is 2.00 e. The van der Waals surface area contributed by atoms with E-state index < -0.39 is 24.6 Å². The van der Waals surface area contributed by atoms with Crippen LogP contribution in [-0.2, 0) is 0 Å². The standard InChI is InChI=1S/4CH2O3.Ca.U/c4*2-1(3)4;;/h4*(H2,2,3,4);;/q;;;;+2;/p-8. The second kappa shape index (κ2) is 29.9. The van der Waals surface area contributed by atoms with E-state index in [0.717, 1.165) is 0 Å². The molecule has 0 heterocycles. The molecule has 0 fully saturated rings. The Balaban J connectivity index is -0.0000000257.